The molecule has 2 rings (SSSR count). The monoisotopic (exact) mass is 352 g/mol. The number of sulfone groups is 1. The first-order chi connectivity index (χ1) is 9.76. The van der Waals surface area contributed by atoms with Gasteiger partial charge in [-0.1, -0.05) is 0 Å². The molecule has 120 valence electrons. The summed E-state index contributed by atoms with van der Waals surface area (Å²) < 4.78 is 50.1. The van der Waals surface area contributed by atoms with Crippen LogP contribution in [0.25, 0.3) is 0 Å². The Labute approximate surface area is 130 Å². The van der Waals surface area contributed by atoms with E-state index in [1.54, 1.807) is 6.07 Å². The molecule has 1 N–H and O–H groups in total. The highest BCUT2D eigenvalue weighted by atomic mass is 32.2. The van der Waals surface area contributed by atoms with Crippen LogP contribution in [-0.2, 0) is 26.4 Å². The minimum absolute atomic E-state index is 0.0446. The number of hydrogen-bond acceptors (Lipinski definition) is 6. The van der Waals surface area contributed by atoms with Crippen molar-refractivity contribution in [1.82, 2.24) is 9.62 Å². The van der Waals surface area contributed by atoms with E-state index in [2.05, 4.69) is 5.32 Å². The van der Waals surface area contributed by atoms with Crippen LogP contribution in [0, 0.1) is 6.92 Å². The molecule has 1 saturated heterocycles. The van der Waals surface area contributed by atoms with Gasteiger partial charge >= 0.3 is 0 Å². The second kappa shape index (κ2) is 6.33. The first-order valence-electron chi connectivity index (χ1n) is 6.71. The smallest absolute Gasteiger partial charge is 0.252 e. The Kier molecular flexibility index (Phi) is 5.09. The zero-order valence-corrected chi connectivity index (χ0v) is 14.6. The van der Waals surface area contributed by atoms with Crippen molar-refractivity contribution in [3.05, 3.63) is 16.5 Å². The van der Waals surface area contributed by atoms with Crippen LogP contribution < -0.4 is 5.32 Å². The topological polar surface area (TPSA) is 83.6 Å². The van der Waals surface area contributed by atoms with Crippen LogP contribution in [0.5, 0.6) is 0 Å². The summed E-state index contributed by atoms with van der Waals surface area (Å²) in [5.41, 5.74) is 0.940. The third kappa shape index (κ3) is 3.84. The van der Waals surface area contributed by atoms with Gasteiger partial charge in [-0.05, 0) is 32.0 Å². The second-order valence-corrected chi connectivity index (χ2v) is 10.7. The van der Waals surface area contributed by atoms with E-state index in [0.29, 0.717) is 17.2 Å². The van der Waals surface area contributed by atoms with Gasteiger partial charge in [0.15, 0.2) is 9.84 Å². The minimum atomic E-state index is -3.60. The second-order valence-electron chi connectivity index (χ2n) is 5.11. The van der Waals surface area contributed by atoms with Crippen molar-refractivity contribution in [2.24, 2.45) is 0 Å². The fourth-order valence-corrected chi connectivity index (χ4v) is 6.86. The molecule has 6 nitrogen and oxygen atoms in total. The van der Waals surface area contributed by atoms with Gasteiger partial charge in [-0.25, -0.2) is 16.8 Å². The molecule has 2 heterocycles. The first-order valence-corrected chi connectivity index (χ1v) is 10.8. The molecule has 0 unspecified atom stereocenters. The van der Waals surface area contributed by atoms with Crippen molar-refractivity contribution in [3.8, 4) is 0 Å². The van der Waals surface area contributed by atoms with Gasteiger partial charge in [0, 0.05) is 24.5 Å². The Hall–Kier alpha value is -0.480. The van der Waals surface area contributed by atoms with Crippen LogP contribution >= 0.6 is 11.3 Å². The zero-order valence-electron chi connectivity index (χ0n) is 12.1. The van der Waals surface area contributed by atoms with E-state index < -0.39 is 19.9 Å². The van der Waals surface area contributed by atoms with Gasteiger partial charge in [-0.3, -0.25) is 0 Å². The molecule has 21 heavy (non-hydrogen) atoms. The fraction of sp³-hybridized carbons (Fsp3) is 0.667. The first kappa shape index (κ1) is 16.9. The molecule has 1 fully saturated rings. The normalized spacial score (nSPS) is 20.3. The number of hydrogen-bond donors (Lipinski definition) is 1. The Morgan fingerprint density at radius 1 is 1.33 bits per heavy atom. The van der Waals surface area contributed by atoms with Crippen LogP contribution in [0.3, 0.4) is 0 Å². The number of nitrogens with one attached hydrogen (secondary N) is 1. The average molecular weight is 353 g/mol. The van der Waals surface area contributed by atoms with Crippen LogP contribution in [0.15, 0.2) is 10.3 Å². The minimum Gasteiger partial charge on any atom is -0.315 e. The van der Waals surface area contributed by atoms with E-state index in [1.165, 1.54) is 15.6 Å². The van der Waals surface area contributed by atoms with Gasteiger partial charge in [0.1, 0.15) is 4.21 Å². The predicted molar refractivity (Wildman–Crippen MR) is 83.8 cm³/mol. The number of thiophene rings is 1. The van der Waals surface area contributed by atoms with Crippen molar-refractivity contribution in [1.29, 1.82) is 0 Å². The predicted octanol–water partition coefficient (Wildman–Crippen LogP) is 0.585. The number of rotatable bonds is 4. The summed E-state index contributed by atoms with van der Waals surface area (Å²) in [7, 11) is -4.90. The Morgan fingerprint density at radius 2 is 2.05 bits per heavy atom. The lowest BCUT2D eigenvalue weighted by Gasteiger charge is -2.18. The molecule has 0 spiro atoms. The molecule has 0 saturated carbocycles. The fourth-order valence-electron chi connectivity index (χ4n) is 2.24. The summed E-state index contributed by atoms with van der Waals surface area (Å²) in [5, 5.41) is 3.01. The largest absolute Gasteiger partial charge is 0.315 e. The summed E-state index contributed by atoms with van der Waals surface area (Å²) in [6, 6.07) is 1.67. The van der Waals surface area contributed by atoms with Gasteiger partial charge < -0.3 is 5.32 Å². The highest BCUT2D eigenvalue weighted by Crippen LogP contribution is 2.29. The van der Waals surface area contributed by atoms with Crippen LogP contribution in [0.1, 0.15) is 16.9 Å². The lowest BCUT2D eigenvalue weighted by Crippen LogP contribution is -2.33. The van der Waals surface area contributed by atoms with Crippen molar-refractivity contribution in [2.75, 3.05) is 31.6 Å². The molecule has 0 aromatic carbocycles. The Bertz CT molecular complexity index is 707. The molecule has 1 aromatic heterocycles. The summed E-state index contributed by atoms with van der Waals surface area (Å²) in [4.78, 5) is 0.985. The molecule has 0 amide bonds. The van der Waals surface area contributed by atoms with Gasteiger partial charge in [-0.15, -0.1) is 11.3 Å². The highest BCUT2D eigenvalue weighted by Gasteiger charge is 2.30. The van der Waals surface area contributed by atoms with E-state index in [-0.39, 0.29) is 24.6 Å². The molecular formula is C12H20N2O4S3. The van der Waals surface area contributed by atoms with E-state index in [0.717, 1.165) is 10.4 Å². The maximum atomic E-state index is 12.6. The lowest BCUT2D eigenvalue weighted by molar-refractivity contribution is 0.436. The highest BCUT2D eigenvalue weighted by molar-refractivity contribution is 7.92. The molecule has 0 radical (unpaired) electrons. The number of sulfonamides is 1. The molecule has 9 heteroatoms. The maximum absolute atomic E-state index is 12.6. The van der Waals surface area contributed by atoms with Crippen molar-refractivity contribution in [2.45, 2.75) is 24.1 Å². The quantitative estimate of drug-likeness (QED) is 0.857. The van der Waals surface area contributed by atoms with Crippen LogP contribution in [-0.4, -0.2) is 52.8 Å². The van der Waals surface area contributed by atoms with E-state index in [9.17, 15) is 16.8 Å². The number of nitrogens with zero attached hydrogens (tertiary/aromatic N) is 1. The Morgan fingerprint density at radius 3 is 2.71 bits per heavy atom. The molecule has 0 aliphatic carbocycles. The summed E-state index contributed by atoms with van der Waals surface area (Å²) in [5.74, 6) is -0.0343. The van der Waals surface area contributed by atoms with Gasteiger partial charge in [0.25, 0.3) is 10.0 Å². The molecular weight excluding hydrogens is 332 g/mol. The van der Waals surface area contributed by atoms with E-state index in [1.807, 2.05) is 14.0 Å². The standard InChI is InChI=1S/C12H20N2O4S3/c1-10-8-12(19-11(10)9-13-2)21(17,18)14-4-3-6-20(15,16)7-5-14/h8,13H,3-7,9H2,1-2H3. The zero-order chi connectivity index (χ0) is 15.7. The van der Waals surface area contributed by atoms with Gasteiger partial charge in [-0.2, -0.15) is 4.31 Å². The van der Waals surface area contributed by atoms with E-state index in [4.69, 9.17) is 0 Å². The lowest BCUT2D eigenvalue weighted by atomic mass is 10.3. The number of aryl methyl sites for hydroxylation is 1. The summed E-state index contributed by atoms with van der Waals surface area (Å²) in [6.45, 7) is 2.82. The molecule has 0 atom stereocenters. The third-order valence-corrected chi connectivity index (χ3v) is 8.74. The molecule has 1 aliphatic rings. The van der Waals surface area contributed by atoms with Crippen molar-refractivity contribution >= 4 is 31.2 Å². The van der Waals surface area contributed by atoms with E-state index >= 15 is 0 Å². The van der Waals surface area contributed by atoms with Crippen molar-refractivity contribution < 1.29 is 16.8 Å². The summed E-state index contributed by atoms with van der Waals surface area (Å²) in [6.07, 6.45) is 0.356. The van der Waals surface area contributed by atoms with Crippen LogP contribution in [0.4, 0.5) is 0 Å². The maximum Gasteiger partial charge on any atom is 0.252 e. The SMILES string of the molecule is CNCc1sc(S(=O)(=O)N2CCCS(=O)(=O)CC2)cc1C. The van der Waals surface area contributed by atoms with Gasteiger partial charge in [0.2, 0.25) is 0 Å². The average Bonchev–Trinajstić information content (AvgIpc) is 2.65. The Balaban J connectivity index is 2.27. The molecule has 1 aromatic rings. The molecule has 0 bridgehead atoms. The molecule has 1 aliphatic heterocycles. The van der Waals surface area contributed by atoms with Crippen molar-refractivity contribution in [3.63, 3.8) is 0 Å². The third-order valence-electron chi connectivity index (χ3n) is 3.44. The van der Waals surface area contributed by atoms with Gasteiger partial charge in [0.05, 0.1) is 11.5 Å². The summed E-state index contributed by atoms with van der Waals surface area (Å²) >= 11 is 1.25. The van der Waals surface area contributed by atoms with Crippen LogP contribution in [0.2, 0.25) is 0 Å².